The van der Waals surface area contributed by atoms with Crippen LogP contribution in [-0.4, -0.2) is 14.7 Å². The predicted octanol–water partition coefficient (Wildman–Crippen LogP) is 1.23. The number of aromatic nitrogens is 2. The number of hydrogen-bond donors (Lipinski definition) is 2. The van der Waals surface area contributed by atoms with Crippen LogP contribution in [0.1, 0.15) is 6.92 Å². The molecular formula is C8H8N4OS. The van der Waals surface area contributed by atoms with Gasteiger partial charge in [-0.05, 0) is 12.1 Å². The van der Waals surface area contributed by atoms with Gasteiger partial charge in [0.1, 0.15) is 11.0 Å². The first kappa shape index (κ1) is 8.89. The summed E-state index contributed by atoms with van der Waals surface area (Å²) >= 11 is 1.08. The molecule has 3 N–H and O–H groups in total. The van der Waals surface area contributed by atoms with Crippen LogP contribution >= 0.6 is 11.7 Å². The van der Waals surface area contributed by atoms with Crippen molar-refractivity contribution in [3.63, 3.8) is 0 Å². The van der Waals surface area contributed by atoms with Crippen LogP contribution in [0, 0.1) is 0 Å². The lowest BCUT2D eigenvalue weighted by atomic mass is 10.2. The van der Waals surface area contributed by atoms with Crippen molar-refractivity contribution in [3.8, 4) is 0 Å². The van der Waals surface area contributed by atoms with Gasteiger partial charge in [-0.25, -0.2) is 0 Å². The molecule has 0 bridgehead atoms. The van der Waals surface area contributed by atoms with E-state index >= 15 is 0 Å². The van der Waals surface area contributed by atoms with E-state index in [2.05, 4.69) is 14.1 Å². The number of carbonyl (C=O) groups excluding carboxylic acids is 1. The Labute approximate surface area is 84.3 Å². The number of benzene rings is 1. The molecule has 0 aliphatic carbocycles. The van der Waals surface area contributed by atoms with Crippen LogP contribution in [0.3, 0.4) is 0 Å². The molecular weight excluding hydrogens is 200 g/mol. The van der Waals surface area contributed by atoms with E-state index in [9.17, 15) is 4.79 Å². The normalized spacial score (nSPS) is 10.4. The van der Waals surface area contributed by atoms with Gasteiger partial charge in [0.25, 0.3) is 0 Å². The van der Waals surface area contributed by atoms with E-state index in [-0.39, 0.29) is 5.91 Å². The van der Waals surface area contributed by atoms with Gasteiger partial charge in [0.2, 0.25) is 5.91 Å². The molecule has 0 aliphatic heterocycles. The molecule has 6 heteroatoms. The summed E-state index contributed by atoms with van der Waals surface area (Å²) in [6.45, 7) is 1.45. The zero-order valence-electron chi connectivity index (χ0n) is 7.44. The number of hydrogen-bond acceptors (Lipinski definition) is 5. The maximum Gasteiger partial charge on any atom is 0.221 e. The van der Waals surface area contributed by atoms with Gasteiger partial charge < -0.3 is 11.1 Å². The van der Waals surface area contributed by atoms with Gasteiger partial charge in [-0.3, -0.25) is 4.79 Å². The fourth-order valence-corrected chi connectivity index (χ4v) is 1.76. The summed E-state index contributed by atoms with van der Waals surface area (Å²) in [5.41, 5.74) is 8.20. The molecule has 72 valence electrons. The number of nitrogens with one attached hydrogen (secondary N) is 1. The second-order valence-electron chi connectivity index (χ2n) is 2.84. The van der Waals surface area contributed by atoms with Gasteiger partial charge in [0.15, 0.2) is 0 Å². The Kier molecular flexibility index (Phi) is 2.05. The Bertz CT molecular complexity index is 493. The van der Waals surface area contributed by atoms with Crippen LogP contribution < -0.4 is 11.1 Å². The van der Waals surface area contributed by atoms with E-state index in [4.69, 9.17) is 5.73 Å². The second kappa shape index (κ2) is 3.22. The molecule has 0 fully saturated rings. The number of fused-ring (bicyclic) bond motifs is 1. The molecule has 14 heavy (non-hydrogen) atoms. The summed E-state index contributed by atoms with van der Waals surface area (Å²) in [6.07, 6.45) is 0. The summed E-state index contributed by atoms with van der Waals surface area (Å²) in [5, 5.41) is 2.67. The monoisotopic (exact) mass is 208 g/mol. The third-order valence-electron chi connectivity index (χ3n) is 1.76. The van der Waals surface area contributed by atoms with Crippen molar-refractivity contribution in [2.45, 2.75) is 6.92 Å². The summed E-state index contributed by atoms with van der Waals surface area (Å²) < 4.78 is 8.11. The summed E-state index contributed by atoms with van der Waals surface area (Å²) in [6, 6.07) is 3.43. The molecule has 1 heterocycles. The van der Waals surface area contributed by atoms with Crippen LogP contribution in [-0.2, 0) is 4.79 Å². The zero-order valence-corrected chi connectivity index (χ0v) is 8.26. The largest absolute Gasteiger partial charge is 0.397 e. The Hall–Kier alpha value is -1.69. The van der Waals surface area contributed by atoms with Crippen LogP contribution in [0.15, 0.2) is 12.1 Å². The number of nitrogen functional groups attached to an aromatic ring is 1. The van der Waals surface area contributed by atoms with E-state index < -0.39 is 0 Å². The Balaban J connectivity index is 2.60. The van der Waals surface area contributed by atoms with Crippen molar-refractivity contribution in [1.82, 2.24) is 8.75 Å². The van der Waals surface area contributed by atoms with Crippen LogP contribution in [0.5, 0.6) is 0 Å². The van der Waals surface area contributed by atoms with Crippen LogP contribution in [0.25, 0.3) is 11.0 Å². The highest BCUT2D eigenvalue weighted by Crippen LogP contribution is 2.26. The molecule has 2 aromatic rings. The molecule has 0 unspecified atom stereocenters. The average Bonchev–Trinajstić information content (AvgIpc) is 2.58. The lowest BCUT2D eigenvalue weighted by molar-refractivity contribution is -0.114. The molecule has 1 aromatic heterocycles. The molecule has 0 spiro atoms. The highest BCUT2D eigenvalue weighted by Gasteiger charge is 2.08. The second-order valence-corrected chi connectivity index (χ2v) is 3.37. The third-order valence-corrected chi connectivity index (χ3v) is 2.29. The van der Waals surface area contributed by atoms with Gasteiger partial charge >= 0.3 is 0 Å². The first-order valence-corrected chi connectivity index (χ1v) is 4.70. The lowest BCUT2D eigenvalue weighted by Crippen LogP contribution is -2.06. The standard InChI is InChI=1S/C8H8N4OS/c1-4(13)10-6-3-2-5(9)7-8(6)12-14-11-7/h2-3H,9H2,1H3,(H,10,13). The molecule has 0 radical (unpaired) electrons. The SMILES string of the molecule is CC(=O)Nc1ccc(N)c2nsnc12. The van der Waals surface area contributed by atoms with E-state index in [0.717, 1.165) is 11.7 Å². The highest BCUT2D eigenvalue weighted by molar-refractivity contribution is 7.00. The van der Waals surface area contributed by atoms with Gasteiger partial charge in [-0.2, -0.15) is 8.75 Å². The fourth-order valence-electron chi connectivity index (χ4n) is 1.18. The molecule has 5 nitrogen and oxygen atoms in total. The summed E-state index contributed by atoms with van der Waals surface area (Å²) in [5.74, 6) is -0.135. The van der Waals surface area contributed by atoms with Crippen molar-refractivity contribution in [2.75, 3.05) is 11.1 Å². The quantitative estimate of drug-likeness (QED) is 0.691. The Morgan fingerprint density at radius 1 is 1.43 bits per heavy atom. The number of nitrogens with two attached hydrogens (primary N) is 1. The average molecular weight is 208 g/mol. The molecule has 1 amide bonds. The maximum atomic E-state index is 10.9. The minimum Gasteiger partial charge on any atom is -0.397 e. The first-order chi connectivity index (χ1) is 6.68. The summed E-state index contributed by atoms with van der Waals surface area (Å²) in [7, 11) is 0. The number of rotatable bonds is 1. The number of carbonyl (C=O) groups is 1. The van der Waals surface area contributed by atoms with Crippen molar-refractivity contribution in [1.29, 1.82) is 0 Å². The summed E-state index contributed by atoms with van der Waals surface area (Å²) in [4.78, 5) is 10.9. The van der Waals surface area contributed by atoms with Gasteiger partial charge in [-0.1, -0.05) is 0 Å². The van der Waals surface area contributed by atoms with Crippen molar-refractivity contribution in [2.24, 2.45) is 0 Å². The van der Waals surface area contributed by atoms with Crippen LogP contribution in [0.2, 0.25) is 0 Å². The van der Waals surface area contributed by atoms with Crippen LogP contribution in [0.4, 0.5) is 11.4 Å². The molecule has 0 saturated carbocycles. The predicted molar refractivity (Wildman–Crippen MR) is 56.1 cm³/mol. The fraction of sp³-hybridized carbons (Fsp3) is 0.125. The van der Waals surface area contributed by atoms with Crippen molar-refractivity contribution >= 4 is 40.0 Å². The molecule has 0 aliphatic rings. The number of amides is 1. The van der Waals surface area contributed by atoms with E-state index in [1.807, 2.05) is 0 Å². The maximum absolute atomic E-state index is 10.9. The smallest absolute Gasteiger partial charge is 0.221 e. The molecule has 0 atom stereocenters. The van der Waals surface area contributed by atoms with Crippen molar-refractivity contribution in [3.05, 3.63) is 12.1 Å². The van der Waals surface area contributed by atoms with E-state index in [0.29, 0.717) is 22.4 Å². The van der Waals surface area contributed by atoms with Gasteiger partial charge in [0.05, 0.1) is 23.1 Å². The molecule has 1 aromatic carbocycles. The Morgan fingerprint density at radius 2 is 2.14 bits per heavy atom. The minimum absolute atomic E-state index is 0.135. The topological polar surface area (TPSA) is 80.9 Å². The molecule has 2 rings (SSSR count). The van der Waals surface area contributed by atoms with E-state index in [1.165, 1.54) is 6.92 Å². The Morgan fingerprint density at radius 3 is 2.86 bits per heavy atom. The number of anilines is 2. The molecule has 0 saturated heterocycles. The van der Waals surface area contributed by atoms with E-state index in [1.54, 1.807) is 12.1 Å². The van der Waals surface area contributed by atoms with Gasteiger partial charge in [-0.15, -0.1) is 0 Å². The van der Waals surface area contributed by atoms with Gasteiger partial charge in [0, 0.05) is 6.92 Å². The lowest BCUT2D eigenvalue weighted by Gasteiger charge is -2.02. The highest BCUT2D eigenvalue weighted by atomic mass is 32.1. The third kappa shape index (κ3) is 1.39. The zero-order chi connectivity index (χ0) is 10.1. The first-order valence-electron chi connectivity index (χ1n) is 3.97. The number of nitrogens with zero attached hydrogens (tertiary/aromatic N) is 2. The minimum atomic E-state index is -0.135. The van der Waals surface area contributed by atoms with Crippen molar-refractivity contribution < 1.29 is 4.79 Å².